The minimum Gasteiger partial charge on any atom is -0.352 e. The smallest absolute Gasteiger partial charge is 0.239 e. The first-order valence-corrected chi connectivity index (χ1v) is 8.43. The van der Waals surface area contributed by atoms with Crippen LogP contribution in [0.2, 0.25) is 0 Å². The highest BCUT2D eigenvalue weighted by molar-refractivity contribution is 5.91. The van der Waals surface area contributed by atoms with Crippen LogP contribution in [-0.4, -0.2) is 52.7 Å². The predicted molar refractivity (Wildman–Crippen MR) is 87.0 cm³/mol. The third-order valence-electron chi connectivity index (χ3n) is 4.38. The third kappa shape index (κ3) is 4.54. The zero-order chi connectivity index (χ0) is 16.2. The van der Waals surface area contributed by atoms with E-state index in [-0.39, 0.29) is 24.9 Å². The van der Waals surface area contributed by atoms with Crippen molar-refractivity contribution in [3.8, 4) is 0 Å². The quantitative estimate of drug-likeness (QED) is 0.790. The number of nitrogens with one attached hydrogen (secondary N) is 2. The fourth-order valence-electron chi connectivity index (χ4n) is 3.08. The number of anilines is 1. The summed E-state index contributed by atoms with van der Waals surface area (Å²) in [7, 11) is 1.78. The summed E-state index contributed by atoms with van der Waals surface area (Å²) in [6.07, 6.45) is 8.54. The average Bonchev–Trinajstić information content (AvgIpc) is 2.98. The summed E-state index contributed by atoms with van der Waals surface area (Å²) in [5.41, 5.74) is 0. The van der Waals surface area contributed by atoms with E-state index in [9.17, 15) is 9.59 Å². The van der Waals surface area contributed by atoms with E-state index in [1.54, 1.807) is 18.1 Å². The van der Waals surface area contributed by atoms with Gasteiger partial charge in [0.2, 0.25) is 11.8 Å². The molecule has 3 rings (SSSR count). The molecule has 2 aliphatic carbocycles. The molecule has 23 heavy (non-hydrogen) atoms. The van der Waals surface area contributed by atoms with Gasteiger partial charge in [-0.05, 0) is 32.7 Å². The van der Waals surface area contributed by atoms with Gasteiger partial charge in [-0.25, -0.2) is 4.68 Å². The SMILES string of the molecule is CN(CC(=O)Nc1ccnn1C1CCCC1)CC(=O)NC1CC1. The Hall–Kier alpha value is -1.89. The van der Waals surface area contributed by atoms with Gasteiger partial charge in [-0.2, -0.15) is 5.10 Å². The first-order valence-electron chi connectivity index (χ1n) is 8.43. The molecule has 7 heteroatoms. The molecule has 0 radical (unpaired) electrons. The van der Waals surface area contributed by atoms with E-state index in [1.165, 1.54) is 12.8 Å². The Morgan fingerprint density at radius 1 is 1.22 bits per heavy atom. The molecule has 0 spiro atoms. The maximum atomic E-state index is 12.2. The van der Waals surface area contributed by atoms with E-state index in [1.807, 2.05) is 10.7 Å². The van der Waals surface area contributed by atoms with E-state index in [2.05, 4.69) is 15.7 Å². The Bertz CT molecular complexity index is 561. The van der Waals surface area contributed by atoms with Gasteiger partial charge in [-0.3, -0.25) is 14.5 Å². The van der Waals surface area contributed by atoms with E-state index in [4.69, 9.17) is 0 Å². The molecule has 0 atom stereocenters. The molecule has 2 fully saturated rings. The number of aromatic nitrogens is 2. The molecular weight excluding hydrogens is 294 g/mol. The first-order chi connectivity index (χ1) is 11.1. The van der Waals surface area contributed by atoms with Crippen LogP contribution in [0.25, 0.3) is 0 Å². The molecule has 0 aromatic carbocycles. The van der Waals surface area contributed by atoms with Crippen LogP contribution >= 0.6 is 0 Å². The number of nitrogens with zero attached hydrogens (tertiary/aromatic N) is 3. The summed E-state index contributed by atoms with van der Waals surface area (Å²) < 4.78 is 1.92. The van der Waals surface area contributed by atoms with Gasteiger partial charge in [-0.1, -0.05) is 12.8 Å². The number of carbonyl (C=O) groups is 2. The topological polar surface area (TPSA) is 79.3 Å². The molecule has 2 aliphatic rings. The summed E-state index contributed by atoms with van der Waals surface area (Å²) in [4.78, 5) is 25.6. The van der Waals surface area contributed by atoms with Gasteiger partial charge in [0.15, 0.2) is 0 Å². The summed E-state index contributed by atoms with van der Waals surface area (Å²) in [5.74, 6) is 0.614. The number of hydrogen-bond donors (Lipinski definition) is 2. The zero-order valence-corrected chi connectivity index (χ0v) is 13.6. The second-order valence-corrected chi connectivity index (χ2v) is 6.66. The van der Waals surface area contributed by atoms with Crippen molar-refractivity contribution in [1.29, 1.82) is 0 Å². The molecule has 1 aromatic heterocycles. The van der Waals surface area contributed by atoms with Crippen molar-refractivity contribution in [3.05, 3.63) is 12.3 Å². The molecule has 2 amide bonds. The van der Waals surface area contributed by atoms with Crippen LogP contribution in [0.1, 0.15) is 44.6 Å². The number of amides is 2. The predicted octanol–water partition coefficient (Wildman–Crippen LogP) is 1.15. The molecule has 1 heterocycles. The van der Waals surface area contributed by atoms with Crippen LogP contribution in [-0.2, 0) is 9.59 Å². The van der Waals surface area contributed by atoms with E-state index >= 15 is 0 Å². The lowest BCUT2D eigenvalue weighted by Crippen LogP contribution is -2.39. The zero-order valence-electron chi connectivity index (χ0n) is 13.6. The van der Waals surface area contributed by atoms with Gasteiger partial charge in [0.05, 0.1) is 25.3 Å². The largest absolute Gasteiger partial charge is 0.352 e. The highest BCUT2D eigenvalue weighted by Crippen LogP contribution is 2.31. The lowest BCUT2D eigenvalue weighted by Gasteiger charge is -2.18. The number of carbonyl (C=O) groups excluding carboxylic acids is 2. The van der Waals surface area contributed by atoms with Crippen LogP contribution < -0.4 is 10.6 Å². The van der Waals surface area contributed by atoms with Gasteiger partial charge in [0, 0.05) is 12.1 Å². The van der Waals surface area contributed by atoms with Crippen molar-refractivity contribution in [2.24, 2.45) is 0 Å². The highest BCUT2D eigenvalue weighted by Gasteiger charge is 2.24. The molecule has 1 aromatic rings. The van der Waals surface area contributed by atoms with Crippen LogP contribution in [0.15, 0.2) is 12.3 Å². The minimum absolute atomic E-state index is 0.0150. The van der Waals surface area contributed by atoms with Crippen molar-refractivity contribution in [3.63, 3.8) is 0 Å². The number of rotatable bonds is 7. The lowest BCUT2D eigenvalue weighted by atomic mass is 10.2. The lowest BCUT2D eigenvalue weighted by molar-refractivity contribution is -0.123. The molecule has 0 aliphatic heterocycles. The van der Waals surface area contributed by atoms with E-state index in [0.29, 0.717) is 12.1 Å². The van der Waals surface area contributed by atoms with Crippen molar-refractivity contribution >= 4 is 17.6 Å². The Kier molecular flexibility index (Phi) is 4.95. The van der Waals surface area contributed by atoms with E-state index < -0.39 is 0 Å². The summed E-state index contributed by atoms with van der Waals surface area (Å²) >= 11 is 0. The van der Waals surface area contributed by atoms with Crippen LogP contribution in [0, 0.1) is 0 Å². The standard InChI is InChI=1S/C16H25N5O2/c1-20(10-15(22)18-12-6-7-12)11-16(23)19-14-8-9-17-21(14)13-4-2-3-5-13/h8-9,12-13H,2-7,10-11H2,1H3,(H,18,22)(H,19,23). The van der Waals surface area contributed by atoms with Crippen molar-refractivity contribution < 1.29 is 9.59 Å². The van der Waals surface area contributed by atoms with Crippen molar-refractivity contribution in [2.45, 2.75) is 50.6 Å². The van der Waals surface area contributed by atoms with Gasteiger partial charge >= 0.3 is 0 Å². The Balaban J connectivity index is 1.47. The number of likely N-dealkylation sites (N-methyl/N-ethyl adjacent to an activating group) is 1. The maximum absolute atomic E-state index is 12.2. The molecule has 0 unspecified atom stereocenters. The van der Waals surface area contributed by atoms with Crippen LogP contribution in [0.5, 0.6) is 0 Å². The van der Waals surface area contributed by atoms with Gasteiger partial charge in [-0.15, -0.1) is 0 Å². The van der Waals surface area contributed by atoms with Crippen molar-refractivity contribution in [2.75, 3.05) is 25.5 Å². The fourth-order valence-corrected chi connectivity index (χ4v) is 3.08. The monoisotopic (exact) mass is 319 g/mol. The highest BCUT2D eigenvalue weighted by atomic mass is 16.2. The van der Waals surface area contributed by atoms with Gasteiger partial charge in [0.1, 0.15) is 5.82 Å². The van der Waals surface area contributed by atoms with Gasteiger partial charge in [0.25, 0.3) is 0 Å². The Morgan fingerprint density at radius 3 is 2.61 bits per heavy atom. The summed E-state index contributed by atoms with van der Waals surface area (Å²) in [6, 6.07) is 2.57. The second kappa shape index (κ2) is 7.12. The summed E-state index contributed by atoms with van der Waals surface area (Å²) in [6.45, 7) is 0.430. The first kappa shape index (κ1) is 16.0. The van der Waals surface area contributed by atoms with Gasteiger partial charge < -0.3 is 10.6 Å². The molecular formula is C16H25N5O2. The maximum Gasteiger partial charge on any atom is 0.239 e. The Morgan fingerprint density at radius 2 is 1.91 bits per heavy atom. The van der Waals surface area contributed by atoms with Crippen molar-refractivity contribution in [1.82, 2.24) is 20.0 Å². The van der Waals surface area contributed by atoms with E-state index in [0.717, 1.165) is 31.5 Å². The molecule has 0 bridgehead atoms. The normalized spacial score (nSPS) is 18.3. The minimum atomic E-state index is -0.119. The van der Waals surface area contributed by atoms with Crippen LogP contribution in [0.4, 0.5) is 5.82 Å². The molecule has 7 nitrogen and oxygen atoms in total. The van der Waals surface area contributed by atoms with Crippen LogP contribution in [0.3, 0.4) is 0 Å². The number of hydrogen-bond acceptors (Lipinski definition) is 4. The Labute approximate surface area is 136 Å². The average molecular weight is 319 g/mol. The fraction of sp³-hybridized carbons (Fsp3) is 0.688. The second-order valence-electron chi connectivity index (χ2n) is 6.66. The third-order valence-corrected chi connectivity index (χ3v) is 4.38. The summed E-state index contributed by atoms with van der Waals surface area (Å²) in [5, 5.41) is 10.2. The molecule has 126 valence electrons. The molecule has 2 saturated carbocycles. The molecule has 2 N–H and O–H groups in total. The molecule has 0 saturated heterocycles.